The van der Waals surface area contributed by atoms with Crippen LogP contribution in [0.2, 0.25) is 0 Å². The molecule has 12 aromatic rings. The van der Waals surface area contributed by atoms with Gasteiger partial charge in [-0.05, 0) is 209 Å². The number of amides is 3. The Morgan fingerprint density at radius 3 is 0.882 bits per heavy atom. The lowest BCUT2D eigenvalue weighted by atomic mass is 9.90. The van der Waals surface area contributed by atoms with Gasteiger partial charge in [0.15, 0.2) is 0 Å². The molecule has 4 aliphatic heterocycles. The number of nitrogens with zero attached hydrogens (tertiary/aromatic N) is 3. The van der Waals surface area contributed by atoms with E-state index in [-0.39, 0.29) is 66.4 Å². The number of para-hydroxylation sites is 3. The van der Waals surface area contributed by atoms with Crippen molar-refractivity contribution in [3.63, 3.8) is 0 Å². The van der Waals surface area contributed by atoms with Gasteiger partial charge in [-0.15, -0.1) is 0 Å². The van der Waals surface area contributed by atoms with E-state index in [1.165, 1.54) is 124 Å². The fraction of sp³-hybridized carbons (Fsp3) is 0.219. The van der Waals surface area contributed by atoms with Crippen molar-refractivity contribution in [2.24, 2.45) is 0 Å². The van der Waals surface area contributed by atoms with Crippen LogP contribution in [-0.2, 0) is 28.1 Å². The van der Waals surface area contributed by atoms with Gasteiger partial charge in [-0.2, -0.15) is 0 Å². The summed E-state index contributed by atoms with van der Waals surface area (Å²) in [5.74, 6) is -1.48. The minimum absolute atomic E-state index is 0.0752. The van der Waals surface area contributed by atoms with Gasteiger partial charge in [0.25, 0.3) is 0 Å². The molecule has 4 aliphatic rings. The number of hydrogen-bond donors (Lipinski definition) is 14. The molecule has 9 unspecified atom stereocenters. The molecule has 16 rings (SSSR count). The van der Waals surface area contributed by atoms with Crippen molar-refractivity contribution in [3.8, 4) is 50.6 Å². The molecule has 4 heterocycles. The molecule has 658 valence electrons. The van der Waals surface area contributed by atoms with E-state index < -0.39 is 143 Å². The van der Waals surface area contributed by atoms with E-state index in [1.807, 2.05) is 18.2 Å². The fourth-order valence-electron chi connectivity index (χ4n) is 16.2. The summed E-state index contributed by atoms with van der Waals surface area (Å²) in [6, 6.07) is 74.8. The van der Waals surface area contributed by atoms with Crippen LogP contribution in [0, 0.1) is 17.5 Å². The SMILES string of the molecule is O=C1OC(CCC(O)c2ccc(F)cc2)C(c2ccc(-c3ccc(C4OC(CO)C(O)C(O)C4O)cc3)cc2O)N1c1ccccc1.O=C1O[C@H](CCC(O)c2ccc(F)cc2)[C@@H](c2ccc(-c3ccc(P(=O)(O)O)cc3)cc2O)N1c1ccccc1.O=C1O[C@H](CC[C@H](O)c2ccc(F)cc2)[C@@H](c2ccc(-c3ccc(P(=O)(O)O)cc3)cc2O)N1c1ccccc1. The van der Waals surface area contributed by atoms with Crippen LogP contribution in [0.25, 0.3) is 33.4 Å². The first-order valence-electron chi connectivity index (χ1n) is 40.6. The smallest absolute Gasteiger partial charge is 0.415 e. The maximum atomic E-state index is 13.4. The molecule has 3 amide bonds. The number of phenolic OH excluding ortho intramolecular Hbond substituents is 3. The summed E-state index contributed by atoms with van der Waals surface area (Å²) in [6.45, 7) is -0.528. The molecule has 0 radical (unpaired) electrons. The maximum Gasteiger partial charge on any atom is 0.415 e. The minimum atomic E-state index is -4.38. The van der Waals surface area contributed by atoms with Gasteiger partial charge in [0.1, 0.15) is 102 Å². The number of ether oxygens (including phenoxy) is 4. The average Bonchev–Trinajstić information content (AvgIpc) is 1.64. The first-order valence-corrected chi connectivity index (χ1v) is 43.8. The van der Waals surface area contributed by atoms with Gasteiger partial charge in [-0.1, -0.05) is 176 Å². The van der Waals surface area contributed by atoms with Gasteiger partial charge in [-0.3, -0.25) is 23.8 Å². The molecular weight excluding hydrogens is 1680 g/mol. The molecule has 12 aromatic carbocycles. The Morgan fingerprint density at radius 2 is 0.614 bits per heavy atom. The van der Waals surface area contributed by atoms with E-state index in [9.17, 15) is 107 Å². The van der Waals surface area contributed by atoms with Crippen molar-refractivity contribution in [2.75, 3.05) is 21.3 Å². The predicted molar refractivity (Wildman–Crippen MR) is 464 cm³/mol. The third-order valence-electron chi connectivity index (χ3n) is 22.9. The van der Waals surface area contributed by atoms with E-state index in [0.717, 1.165) is 5.56 Å². The number of carbonyl (C=O) groups is 3. The lowest BCUT2D eigenvalue weighted by molar-refractivity contribution is -0.231. The third-order valence-corrected chi connectivity index (χ3v) is 24.8. The van der Waals surface area contributed by atoms with E-state index in [4.69, 9.17) is 18.9 Å². The van der Waals surface area contributed by atoms with Crippen molar-refractivity contribution in [1.82, 2.24) is 0 Å². The van der Waals surface area contributed by atoms with E-state index in [2.05, 4.69) is 0 Å². The monoisotopic (exact) mass is 1770 g/mol. The second-order valence-electron chi connectivity index (χ2n) is 31.0. The molecule has 0 aromatic heterocycles. The number of halogens is 3. The van der Waals surface area contributed by atoms with Gasteiger partial charge in [0.05, 0.1) is 35.5 Å². The lowest BCUT2D eigenvalue weighted by Crippen LogP contribution is -2.55. The number of rotatable bonds is 25. The van der Waals surface area contributed by atoms with Crippen LogP contribution in [0.4, 0.5) is 44.6 Å². The summed E-state index contributed by atoms with van der Waals surface area (Å²) in [5.41, 5.74) is 9.07. The largest absolute Gasteiger partial charge is 0.508 e. The standard InChI is InChI=1S/C36H36FNO9.2C30H27FNO7P/c37-24-13-10-21(11-14-24)27(40)16-17-29-31(38(36(45)47-29)25-4-2-1-3-5-25)26-15-12-23(18-28(26)41)20-6-8-22(9-7-20)35-34(44)33(43)32(42)30(19-39)46-35;2*31-22-11-6-20(7-12-22)26(33)16-17-28-29(32(30(35)39-28)23-4-2-1-3-5-23)25-15-10-21(18-27(25)34)19-8-13-24(14-9-19)40(36,37)38/h1-15,18,27,29-35,39-44H,16-17,19H2;2*1-15,18,26,28-29,33-34H,16-17H2,(H2,36,37,38)/t;26?,28-,29-;26-,28+,29+/m.10/s1. The number of aliphatic hydroxyl groups is 7. The van der Waals surface area contributed by atoms with Crippen molar-refractivity contribution in [3.05, 3.63) is 348 Å². The molecule has 14 N–H and O–H groups in total. The highest BCUT2D eigenvalue weighted by Gasteiger charge is 2.49. The Hall–Kier alpha value is -12.4. The van der Waals surface area contributed by atoms with Gasteiger partial charge in [-0.25, -0.2) is 27.6 Å². The molecule has 4 fully saturated rings. The van der Waals surface area contributed by atoms with Crippen molar-refractivity contribution in [1.29, 1.82) is 0 Å². The average molecular weight is 1770 g/mol. The normalized spacial score (nSPS) is 21.2. The molecule has 0 spiro atoms. The topological polar surface area (TPSA) is 415 Å². The van der Waals surface area contributed by atoms with Crippen LogP contribution < -0.4 is 25.3 Å². The highest BCUT2D eigenvalue weighted by atomic mass is 31.2. The molecular formula is C96H90F3N3O23P2. The number of cyclic esters (lactones) is 3. The van der Waals surface area contributed by atoms with Crippen LogP contribution in [0.5, 0.6) is 17.2 Å². The van der Waals surface area contributed by atoms with Gasteiger partial charge < -0.3 is 89.6 Å². The number of aromatic hydroxyl groups is 3. The molecule has 26 nitrogen and oxygen atoms in total. The zero-order valence-corrected chi connectivity index (χ0v) is 69.3. The fourth-order valence-corrected chi connectivity index (χ4v) is 17.3. The van der Waals surface area contributed by atoms with Crippen molar-refractivity contribution < 1.29 is 126 Å². The summed E-state index contributed by atoms with van der Waals surface area (Å²) in [4.78, 5) is 81.3. The molecule has 0 aliphatic carbocycles. The Bertz CT molecular complexity index is 5660. The quantitative estimate of drug-likeness (QED) is 0.0187. The van der Waals surface area contributed by atoms with Gasteiger partial charge in [0.2, 0.25) is 0 Å². The summed E-state index contributed by atoms with van der Waals surface area (Å²) < 4.78 is 86.0. The summed E-state index contributed by atoms with van der Waals surface area (Å²) in [6.07, 6.45) is -11.5. The Kier molecular flexibility index (Phi) is 28.4. The first-order chi connectivity index (χ1) is 60.9. The summed E-state index contributed by atoms with van der Waals surface area (Å²) in [7, 11) is -8.76. The van der Waals surface area contributed by atoms with Crippen LogP contribution >= 0.6 is 15.2 Å². The van der Waals surface area contributed by atoms with E-state index in [1.54, 1.807) is 164 Å². The summed E-state index contributed by atoms with van der Waals surface area (Å²) >= 11 is 0. The maximum absolute atomic E-state index is 13.4. The molecule has 127 heavy (non-hydrogen) atoms. The summed E-state index contributed by atoms with van der Waals surface area (Å²) in [5, 5.41) is 106. The number of hydrogen-bond acceptors (Lipinski definition) is 19. The Labute approximate surface area is 727 Å². The van der Waals surface area contributed by atoms with Crippen LogP contribution in [0.3, 0.4) is 0 Å². The van der Waals surface area contributed by atoms with Gasteiger partial charge >= 0.3 is 33.5 Å². The molecule has 31 heteroatoms. The third kappa shape index (κ3) is 21.0. The predicted octanol–water partition coefficient (Wildman–Crippen LogP) is 15.5. The second kappa shape index (κ2) is 39.7. The second-order valence-corrected chi connectivity index (χ2v) is 34.2. The Morgan fingerprint density at radius 1 is 0.339 bits per heavy atom. The van der Waals surface area contributed by atoms with Crippen LogP contribution in [0.1, 0.15) is 120 Å². The van der Waals surface area contributed by atoms with E-state index in [0.29, 0.717) is 83.8 Å². The number of phenols is 3. The zero-order chi connectivity index (χ0) is 90.1. The van der Waals surface area contributed by atoms with Crippen molar-refractivity contribution in [2.45, 2.75) is 124 Å². The molecule has 14 atom stereocenters. The first kappa shape index (κ1) is 90.9. The van der Waals surface area contributed by atoms with E-state index >= 15 is 0 Å². The van der Waals surface area contributed by atoms with Crippen LogP contribution in [0.15, 0.2) is 291 Å². The highest BCUT2D eigenvalue weighted by Crippen LogP contribution is 2.49. The minimum Gasteiger partial charge on any atom is -0.508 e. The zero-order valence-electron chi connectivity index (χ0n) is 67.6. The van der Waals surface area contributed by atoms with Crippen LogP contribution in [-0.4, -0.2) is 138 Å². The number of carbonyl (C=O) groups excluding carboxylic acids is 3. The number of aliphatic hydroxyl groups excluding tert-OH is 7. The number of anilines is 3. The molecule has 0 saturated carbocycles. The Balaban J connectivity index is 0.000000155. The van der Waals surface area contributed by atoms with Crippen molar-refractivity contribution >= 4 is 61.1 Å². The molecule has 4 saturated heterocycles. The lowest BCUT2D eigenvalue weighted by Gasteiger charge is -2.40. The number of benzene rings is 12. The van der Waals surface area contributed by atoms with Gasteiger partial charge in [0, 0.05) is 33.8 Å². The molecule has 0 bridgehead atoms. The highest BCUT2D eigenvalue weighted by molar-refractivity contribution is 7.60.